The van der Waals surface area contributed by atoms with Crippen molar-refractivity contribution in [1.29, 1.82) is 0 Å². The molecule has 1 N–H and O–H groups in total. The van der Waals surface area contributed by atoms with Gasteiger partial charge in [-0.1, -0.05) is 44.7 Å². The fraction of sp³-hybridized carbons (Fsp3) is 0.647. The Morgan fingerprint density at radius 2 is 1.89 bits per heavy atom. The summed E-state index contributed by atoms with van der Waals surface area (Å²) in [5.41, 5.74) is 1.44. The van der Waals surface area contributed by atoms with Gasteiger partial charge in [-0.3, -0.25) is 0 Å². The Hall–Kier alpha value is -1.02. The van der Waals surface area contributed by atoms with E-state index in [2.05, 4.69) is 36.5 Å². The molecule has 0 bridgehead atoms. The quantitative estimate of drug-likeness (QED) is 0.716. The van der Waals surface area contributed by atoms with Gasteiger partial charge in [0.15, 0.2) is 0 Å². The number of unbranched alkanes of at least 4 members (excludes halogenated alkanes) is 4. The summed E-state index contributed by atoms with van der Waals surface area (Å²) in [7, 11) is 0. The summed E-state index contributed by atoms with van der Waals surface area (Å²) in [6.07, 6.45) is 9.44. The number of hydrogen-bond acceptors (Lipinski definition) is 2. The van der Waals surface area contributed by atoms with Crippen LogP contribution in [0, 0.1) is 0 Å². The molecule has 2 rings (SSSR count). The average molecular weight is 261 g/mol. The molecule has 1 heterocycles. The van der Waals surface area contributed by atoms with Gasteiger partial charge in [-0.15, -0.1) is 0 Å². The van der Waals surface area contributed by atoms with Gasteiger partial charge in [0.25, 0.3) is 0 Å². The van der Waals surface area contributed by atoms with Crippen LogP contribution in [0.4, 0.5) is 0 Å². The van der Waals surface area contributed by atoms with E-state index in [0.717, 1.165) is 25.3 Å². The first-order chi connectivity index (χ1) is 9.38. The van der Waals surface area contributed by atoms with Crippen LogP contribution >= 0.6 is 0 Å². The third kappa shape index (κ3) is 5.23. The maximum atomic E-state index is 5.93. The Labute approximate surface area is 117 Å². The van der Waals surface area contributed by atoms with Crippen molar-refractivity contribution in [1.82, 2.24) is 5.32 Å². The molecule has 106 valence electrons. The van der Waals surface area contributed by atoms with Gasteiger partial charge in [-0.2, -0.15) is 0 Å². The predicted octanol–water partition coefficient (Wildman–Crippen LogP) is 3.94. The normalized spacial score (nSPS) is 18.7. The van der Waals surface area contributed by atoms with Crippen molar-refractivity contribution in [2.45, 2.75) is 58.0 Å². The zero-order valence-corrected chi connectivity index (χ0v) is 12.2. The summed E-state index contributed by atoms with van der Waals surface area (Å²) in [5, 5.41) is 3.32. The second-order valence-corrected chi connectivity index (χ2v) is 5.54. The van der Waals surface area contributed by atoms with Crippen molar-refractivity contribution >= 4 is 0 Å². The molecule has 1 aliphatic rings. The Kier molecular flexibility index (Phi) is 6.22. The van der Waals surface area contributed by atoms with E-state index in [1.807, 2.05) is 0 Å². The molecule has 1 saturated heterocycles. The van der Waals surface area contributed by atoms with Gasteiger partial charge in [-0.25, -0.2) is 0 Å². The van der Waals surface area contributed by atoms with Crippen LogP contribution < -0.4 is 10.1 Å². The van der Waals surface area contributed by atoms with Crippen LogP contribution in [0.25, 0.3) is 0 Å². The molecule has 0 aromatic heterocycles. The molecule has 0 amide bonds. The van der Waals surface area contributed by atoms with E-state index in [1.54, 1.807) is 0 Å². The number of aryl methyl sites for hydroxylation is 1. The number of ether oxygens (including phenoxy) is 1. The minimum Gasteiger partial charge on any atom is -0.489 e. The number of rotatable bonds is 8. The largest absolute Gasteiger partial charge is 0.489 e. The highest BCUT2D eigenvalue weighted by atomic mass is 16.5. The van der Waals surface area contributed by atoms with E-state index >= 15 is 0 Å². The Bertz CT molecular complexity index is 341. The van der Waals surface area contributed by atoms with Crippen molar-refractivity contribution in [3.05, 3.63) is 29.8 Å². The van der Waals surface area contributed by atoms with E-state index in [-0.39, 0.29) is 0 Å². The molecule has 1 atom stereocenters. The minimum atomic E-state index is 0.361. The molecular formula is C17H27NO. The molecule has 2 heteroatoms. The molecule has 2 nitrogen and oxygen atoms in total. The van der Waals surface area contributed by atoms with Crippen LogP contribution in [0.5, 0.6) is 5.75 Å². The molecule has 19 heavy (non-hydrogen) atoms. The minimum absolute atomic E-state index is 0.361. The van der Waals surface area contributed by atoms with Gasteiger partial charge in [0.2, 0.25) is 0 Å². The van der Waals surface area contributed by atoms with Crippen LogP contribution in [0.2, 0.25) is 0 Å². The van der Waals surface area contributed by atoms with E-state index < -0.39 is 0 Å². The van der Waals surface area contributed by atoms with Gasteiger partial charge >= 0.3 is 0 Å². The molecule has 1 fully saturated rings. The topological polar surface area (TPSA) is 21.3 Å². The van der Waals surface area contributed by atoms with Crippen LogP contribution in [0.3, 0.4) is 0 Å². The molecule has 1 aromatic carbocycles. The molecule has 0 aliphatic carbocycles. The molecule has 1 aromatic rings. The highest BCUT2D eigenvalue weighted by molar-refractivity contribution is 5.27. The highest BCUT2D eigenvalue weighted by Gasteiger charge is 2.15. The first-order valence-electron chi connectivity index (χ1n) is 7.85. The molecule has 0 radical (unpaired) electrons. The molecule has 1 unspecified atom stereocenters. The first-order valence-corrected chi connectivity index (χ1v) is 7.85. The summed E-state index contributed by atoms with van der Waals surface area (Å²) in [5.74, 6) is 1.02. The zero-order chi connectivity index (χ0) is 13.3. The third-order valence-corrected chi connectivity index (χ3v) is 3.81. The maximum Gasteiger partial charge on any atom is 0.119 e. The number of benzene rings is 1. The molecule has 1 aliphatic heterocycles. The van der Waals surface area contributed by atoms with E-state index in [9.17, 15) is 0 Å². The predicted molar refractivity (Wildman–Crippen MR) is 80.8 cm³/mol. The SMILES string of the molecule is CCCCCCCc1ccc(OC2CCNC2)cc1. The highest BCUT2D eigenvalue weighted by Crippen LogP contribution is 2.17. The van der Waals surface area contributed by atoms with E-state index in [1.165, 1.54) is 44.1 Å². The number of hydrogen-bond donors (Lipinski definition) is 1. The van der Waals surface area contributed by atoms with Crippen LogP contribution in [-0.4, -0.2) is 19.2 Å². The van der Waals surface area contributed by atoms with Crippen molar-refractivity contribution in [2.75, 3.05) is 13.1 Å². The van der Waals surface area contributed by atoms with Gasteiger partial charge in [0.1, 0.15) is 11.9 Å². The van der Waals surface area contributed by atoms with Crippen molar-refractivity contribution in [3.8, 4) is 5.75 Å². The molecule has 0 spiro atoms. The first kappa shape index (κ1) is 14.4. The monoisotopic (exact) mass is 261 g/mol. The second kappa shape index (κ2) is 8.21. The van der Waals surface area contributed by atoms with Crippen LogP contribution in [-0.2, 0) is 6.42 Å². The van der Waals surface area contributed by atoms with Crippen molar-refractivity contribution in [2.24, 2.45) is 0 Å². The van der Waals surface area contributed by atoms with Crippen molar-refractivity contribution < 1.29 is 4.74 Å². The number of nitrogens with one attached hydrogen (secondary N) is 1. The summed E-state index contributed by atoms with van der Waals surface area (Å²) < 4.78 is 5.93. The summed E-state index contributed by atoms with van der Waals surface area (Å²) in [6.45, 7) is 4.33. The van der Waals surface area contributed by atoms with Gasteiger partial charge in [0, 0.05) is 6.54 Å². The Morgan fingerprint density at radius 3 is 2.58 bits per heavy atom. The molecule has 0 saturated carbocycles. The summed E-state index contributed by atoms with van der Waals surface area (Å²) in [6, 6.07) is 8.69. The fourth-order valence-corrected chi connectivity index (χ4v) is 2.59. The Balaban J connectivity index is 1.68. The zero-order valence-electron chi connectivity index (χ0n) is 12.2. The smallest absolute Gasteiger partial charge is 0.119 e. The lowest BCUT2D eigenvalue weighted by molar-refractivity contribution is 0.223. The molecular weight excluding hydrogens is 234 g/mol. The van der Waals surface area contributed by atoms with Gasteiger partial charge < -0.3 is 10.1 Å². The maximum absolute atomic E-state index is 5.93. The summed E-state index contributed by atoms with van der Waals surface area (Å²) in [4.78, 5) is 0. The van der Waals surface area contributed by atoms with Crippen molar-refractivity contribution in [3.63, 3.8) is 0 Å². The van der Waals surface area contributed by atoms with Gasteiger partial charge in [-0.05, 0) is 43.5 Å². The van der Waals surface area contributed by atoms with E-state index in [4.69, 9.17) is 4.74 Å². The third-order valence-electron chi connectivity index (χ3n) is 3.81. The van der Waals surface area contributed by atoms with E-state index in [0.29, 0.717) is 6.10 Å². The van der Waals surface area contributed by atoms with Gasteiger partial charge in [0.05, 0.1) is 0 Å². The standard InChI is InChI=1S/C17H27NO/c1-2-3-4-5-6-7-15-8-10-16(11-9-15)19-17-12-13-18-14-17/h8-11,17-18H,2-7,12-14H2,1H3. The summed E-state index contributed by atoms with van der Waals surface area (Å²) >= 11 is 0. The lowest BCUT2D eigenvalue weighted by Gasteiger charge is -2.12. The van der Waals surface area contributed by atoms with Crippen LogP contribution in [0.15, 0.2) is 24.3 Å². The lowest BCUT2D eigenvalue weighted by Crippen LogP contribution is -2.19. The Morgan fingerprint density at radius 1 is 1.11 bits per heavy atom. The fourth-order valence-electron chi connectivity index (χ4n) is 2.59. The second-order valence-electron chi connectivity index (χ2n) is 5.54. The van der Waals surface area contributed by atoms with Crippen LogP contribution in [0.1, 0.15) is 51.0 Å². The average Bonchev–Trinajstić information content (AvgIpc) is 2.93. The lowest BCUT2D eigenvalue weighted by atomic mass is 10.1.